The largest absolute Gasteiger partial charge is 0.496 e. The highest BCUT2D eigenvalue weighted by Gasteiger charge is 2.00. The van der Waals surface area contributed by atoms with Gasteiger partial charge in [0.15, 0.2) is 5.96 Å². The number of aryl methyl sites for hydroxylation is 1. The maximum Gasteiger partial charge on any atom is 0.190 e. The molecule has 0 radical (unpaired) electrons. The van der Waals surface area contributed by atoms with E-state index in [9.17, 15) is 0 Å². The van der Waals surface area contributed by atoms with Crippen molar-refractivity contribution in [2.24, 2.45) is 4.99 Å². The van der Waals surface area contributed by atoms with Crippen molar-refractivity contribution in [3.8, 4) is 5.75 Å². The molecule has 2 N–H and O–H groups in total. The van der Waals surface area contributed by atoms with E-state index < -0.39 is 0 Å². The summed E-state index contributed by atoms with van der Waals surface area (Å²) in [6, 6.07) is 6.29. The Labute approximate surface area is 126 Å². The number of methoxy groups -OCH3 is 1. The number of ether oxygens (including phenoxy) is 1. The summed E-state index contributed by atoms with van der Waals surface area (Å²) >= 11 is 0. The van der Waals surface area contributed by atoms with Gasteiger partial charge < -0.3 is 15.4 Å². The van der Waals surface area contributed by atoms with Crippen LogP contribution in [0, 0.1) is 6.92 Å². The molecule has 0 aliphatic rings. The van der Waals surface area contributed by atoms with E-state index in [1.165, 1.54) is 5.56 Å². The molecule has 4 nitrogen and oxygen atoms in total. The van der Waals surface area contributed by atoms with Gasteiger partial charge >= 0.3 is 0 Å². The van der Waals surface area contributed by atoms with E-state index in [1.807, 2.05) is 14.0 Å². The molecule has 0 aliphatic carbocycles. The van der Waals surface area contributed by atoms with E-state index in [0.717, 1.165) is 30.2 Å². The average molecular weight is 363 g/mol. The Morgan fingerprint density at radius 2 is 2.11 bits per heavy atom. The molecule has 102 valence electrons. The van der Waals surface area contributed by atoms with Crippen LogP contribution in [0.15, 0.2) is 23.2 Å². The van der Waals surface area contributed by atoms with Crippen molar-refractivity contribution in [1.82, 2.24) is 10.6 Å². The molecular weight excluding hydrogens is 341 g/mol. The second-order valence-electron chi connectivity index (χ2n) is 3.80. The Morgan fingerprint density at radius 3 is 2.67 bits per heavy atom. The molecule has 0 unspecified atom stereocenters. The van der Waals surface area contributed by atoms with Gasteiger partial charge in [-0.2, -0.15) is 0 Å². The molecular formula is C13H22IN3O. The lowest BCUT2D eigenvalue weighted by atomic mass is 10.1. The number of benzene rings is 1. The molecule has 0 atom stereocenters. The first-order chi connectivity index (χ1) is 8.21. The van der Waals surface area contributed by atoms with Gasteiger partial charge in [0, 0.05) is 20.6 Å². The molecule has 0 bridgehead atoms. The first-order valence-corrected chi connectivity index (χ1v) is 5.73. The van der Waals surface area contributed by atoms with Crippen LogP contribution in [0.4, 0.5) is 0 Å². The Balaban J connectivity index is 0.00000289. The normalized spacial score (nSPS) is 10.6. The number of hydrogen-bond donors (Lipinski definition) is 2. The van der Waals surface area contributed by atoms with Crippen LogP contribution >= 0.6 is 24.0 Å². The second-order valence-corrected chi connectivity index (χ2v) is 3.80. The Hall–Kier alpha value is -0.980. The molecule has 18 heavy (non-hydrogen) atoms. The van der Waals surface area contributed by atoms with E-state index >= 15 is 0 Å². The van der Waals surface area contributed by atoms with Crippen molar-refractivity contribution in [1.29, 1.82) is 0 Å². The highest BCUT2D eigenvalue weighted by atomic mass is 127. The fourth-order valence-corrected chi connectivity index (χ4v) is 1.62. The second kappa shape index (κ2) is 9.02. The molecule has 0 fully saturated rings. The van der Waals surface area contributed by atoms with Gasteiger partial charge in [0.05, 0.1) is 7.11 Å². The van der Waals surface area contributed by atoms with Crippen LogP contribution in [0.5, 0.6) is 5.75 Å². The highest BCUT2D eigenvalue weighted by molar-refractivity contribution is 14.0. The highest BCUT2D eigenvalue weighted by Crippen LogP contribution is 2.18. The minimum absolute atomic E-state index is 0. The summed E-state index contributed by atoms with van der Waals surface area (Å²) in [6.45, 7) is 2.89. The number of aliphatic imine (C=N–C) groups is 1. The zero-order valence-electron chi connectivity index (χ0n) is 11.4. The van der Waals surface area contributed by atoms with E-state index in [-0.39, 0.29) is 24.0 Å². The van der Waals surface area contributed by atoms with E-state index in [1.54, 1.807) is 14.2 Å². The van der Waals surface area contributed by atoms with Gasteiger partial charge in [-0.05, 0) is 30.5 Å². The lowest BCUT2D eigenvalue weighted by Crippen LogP contribution is -2.35. The minimum Gasteiger partial charge on any atom is -0.496 e. The summed E-state index contributed by atoms with van der Waals surface area (Å²) in [5, 5.41) is 6.20. The van der Waals surface area contributed by atoms with Crippen LogP contribution in [0.3, 0.4) is 0 Å². The van der Waals surface area contributed by atoms with Crippen LogP contribution < -0.4 is 15.4 Å². The van der Waals surface area contributed by atoms with Crippen molar-refractivity contribution in [3.05, 3.63) is 29.3 Å². The molecule has 0 spiro atoms. The summed E-state index contributed by atoms with van der Waals surface area (Å²) in [5.41, 5.74) is 2.42. The predicted molar refractivity (Wildman–Crippen MR) is 87.3 cm³/mol. The van der Waals surface area contributed by atoms with Gasteiger partial charge in [0.2, 0.25) is 0 Å². The third-order valence-corrected chi connectivity index (χ3v) is 2.64. The number of nitrogens with zero attached hydrogens (tertiary/aromatic N) is 1. The van der Waals surface area contributed by atoms with Gasteiger partial charge in [-0.1, -0.05) is 12.1 Å². The summed E-state index contributed by atoms with van der Waals surface area (Å²) in [7, 11) is 5.31. The molecule has 0 aromatic heterocycles. The zero-order chi connectivity index (χ0) is 12.7. The summed E-state index contributed by atoms with van der Waals surface area (Å²) in [5.74, 6) is 1.75. The Bertz CT molecular complexity index is 394. The number of nitrogens with one attached hydrogen (secondary N) is 2. The predicted octanol–water partition coefficient (Wildman–Crippen LogP) is 1.96. The molecule has 0 saturated carbocycles. The van der Waals surface area contributed by atoms with E-state index in [4.69, 9.17) is 4.74 Å². The van der Waals surface area contributed by atoms with E-state index in [0.29, 0.717) is 0 Å². The Morgan fingerprint density at radius 1 is 1.39 bits per heavy atom. The van der Waals surface area contributed by atoms with Crippen molar-refractivity contribution in [2.45, 2.75) is 13.3 Å². The van der Waals surface area contributed by atoms with Gasteiger partial charge in [0.1, 0.15) is 5.75 Å². The maximum absolute atomic E-state index is 5.30. The lowest BCUT2D eigenvalue weighted by molar-refractivity contribution is 0.411. The van der Waals surface area contributed by atoms with Gasteiger partial charge in [-0.15, -0.1) is 24.0 Å². The number of halogens is 1. The van der Waals surface area contributed by atoms with E-state index in [2.05, 4.69) is 33.8 Å². The first kappa shape index (κ1) is 17.0. The Kier molecular flexibility index (Phi) is 8.53. The molecule has 0 aliphatic heterocycles. The van der Waals surface area contributed by atoms with Crippen LogP contribution in [-0.4, -0.2) is 33.7 Å². The SMILES string of the molecule is CN=C(NC)NCCc1ccc(C)c(OC)c1.I. The van der Waals surface area contributed by atoms with Crippen LogP contribution in [0.25, 0.3) is 0 Å². The summed E-state index contributed by atoms with van der Waals surface area (Å²) in [6.07, 6.45) is 0.942. The van der Waals surface area contributed by atoms with Gasteiger partial charge in [-0.3, -0.25) is 4.99 Å². The molecule has 1 rings (SSSR count). The van der Waals surface area contributed by atoms with Crippen LogP contribution in [-0.2, 0) is 6.42 Å². The van der Waals surface area contributed by atoms with Crippen LogP contribution in [0.2, 0.25) is 0 Å². The number of rotatable bonds is 4. The van der Waals surface area contributed by atoms with Crippen molar-refractivity contribution >= 4 is 29.9 Å². The van der Waals surface area contributed by atoms with Gasteiger partial charge in [-0.25, -0.2) is 0 Å². The minimum atomic E-state index is 0. The monoisotopic (exact) mass is 363 g/mol. The average Bonchev–Trinajstić information content (AvgIpc) is 2.36. The third kappa shape index (κ3) is 5.12. The number of hydrogen-bond acceptors (Lipinski definition) is 2. The van der Waals surface area contributed by atoms with Gasteiger partial charge in [0.25, 0.3) is 0 Å². The van der Waals surface area contributed by atoms with Crippen molar-refractivity contribution in [3.63, 3.8) is 0 Å². The quantitative estimate of drug-likeness (QED) is 0.489. The fraction of sp³-hybridized carbons (Fsp3) is 0.462. The zero-order valence-corrected chi connectivity index (χ0v) is 13.7. The molecule has 5 heteroatoms. The fourth-order valence-electron chi connectivity index (χ4n) is 1.62. The maximum atomic E-state index is 5.30. The van der Waals surface area contributed by atoms with Crippen molar-refractivity contribution < 1.29 is 4.74 Å². The van der Waals surface area contributed by atoms with Crippen LogP contribution in [0.1, 0.15) is 11.1 Å². The summed E-state index contributed by atoms with van der Waals surface area (Å²) < 4.78 is 5.30. The third-order valence-electron chi connectivity index (χ3n) is 2.64. The standard InChI is InChI=1S/C13H21N3O.HI/c1-10-5-6-11(9-12(10)17-4)7-8-16-13(14-2)15-3;/h5-6,9H,7-8H2,1-4H3,(H2,14,15,16);1H. The molecule has 1 aromatic rings. The topological polar surface area (TPSA) is 45.7 Å². The molecule has 0 amide bonds. The van der Waals surface area contributed by atoms with Crippen molar-refractivity contribution in [2.75, 3.05) is 27.7 Å². The summed E-state index contributed by atoms with van der Waals surface area (Å²) in [4.78, 5) is 4.06. The number of guanidine groups is 1. The smallest absolute Gasteiger partial charge is 0.190 e. The lowest BCUT2D eigenvalue weighted by Gasteiger charge is -2.10. The molecule has 1 aromatic carbocycles. The molecule has 0 heterocycles. The first-order valence-electron chi connectivity index (χ1n) is 5.73. The molecule has 0 saturated heterocycles.